The predicted molar refractivity (Wildman–Crippen MR) is 62.4 cm³/mol. The van der Waals surface area contributed by atoms with E-state index in [1.807, 2.05) is 13.0 Å². The van der Waals surface area contributed by atoms with E-state index >= 15 is 0 Å². The number of hydrogen-bond donors (Lipinski definition) is 1. The van der Waals surface area contributed by atoms with Gasteiger partial charge in [0.15, 0.2) is 18.3 Å². The second-order valence-corrected chi connectivity index (χ2v) is 3.56. The van der Waals surface area contributed by atoms with Crippen LogP contribution in [0, 0.1) is 0 Å². The van der Waals surface area contributed by atoms with Gasteiger partial charge in [0.05, 0.1) is 0 Å². The lowest BCUT2D eigenvalue weighted by molar-refractivity contribution is 0.0215. The zero-order valence-corrected chi connectivity index (χ0v) is 9.90. The van der Waals surface area contributed by atoms with Crippen LogP contribution in [-0.2, 0) is 11.3 Å². The summed E-state index contributed by atoms with van der Waals surface area (Å²) in [5.74, 6) is 2.10. The molecule has 1 aromatic carbocycles. The summed E-state index contributed by atoms with van der Waals surface area (Å²) in [6, 6.07) is 3.66. The third-order valence-corrected chi connectivity index (χ3v) is 2.45. The van der Waals surface area contributed by atoms with Crippen LogP contribution in [0.5, 0.6) is 17.2 Å². The van der Waals surface area contributed by atoms with Gasteiger partial charge in [-0.05, 0) is 13.0 Å². The maximum atomic E-state index is 5.67. The Kier molecular flexibility index (Phi) is 4.06. The second-order valence-electron chi connectivity index (χ2n) is 3.56. The third kappa shape index (κ3) is 2.81. The van der Waals surface area contributed by atoms with Gasteiger partial charge in [0.2, 0.25) is 0 Å². The molecule has 0 spiro atoms. The van der Waals surface area contributed by atoms with E-state index < -0.39 is 0 Å². The second kappa shape index (κ2) is 5.75. The zero-order chi connectivity index (χ0) is 12.1. The maximum Gasteiger partial charge on any atom is 0.189 e. The van der Waals surface area contributed by atoms with Crippen molar-refractivity contribution in [1.82, 2.24) is 0 Å². The van der Waals surface area contributed by atoms with E-state index in [0.717, 1.165) is 11.3 Å². The fraction of sp³-hybridized carbons (Fsp3) is 0.500. The molecule has 5 nitrogen and oxygen atoms in total. The summed E-state index contributed by atoms with van der Waals surface area (Å²) in [4.78, 5) is 0. The number of hydrogen-bond acceptors (Lipinski definition) is 5. The summed E-state index contributed by atoms with van der Waals surface area (Å²) in [5, 5.41) is 0. The van der Waals surface area contributed by atoms with Crippen LogP contribution in [0.15, 0.2) is 12.1 Å². The molecule has 0 saturated heterocycles. The summed E-state index contributed by atoms with van der Waals surface area (Å²) in [7, 11) is 0. The van der Waals surface area contributed by atoms with Crippen molar-refractivity contribution in [1.29, 1.82) is 0 Å². The quantitative estimate of drug-likeness (QED) is 0.619. The van der Waals surface area contributed by atoms with E-state index in [2.05, 4.69) is 0 Å². The molecule has 1 aliphatic heterocycles. The Balaban J connectivity index is 2.17. The van der Waals surface area contributed by atoms with Crippen LogP contribution >= 0.6 is 0 Å². The Morgan fingerprint density at radius 2 is 1.94 bits per heavy atom. The molecule has 0 fully saturated rings. The minimum atomic E-state index is 0.211. The first kappa shape index (κ1) is 12.0. The van der Waals surface area contributed by atoms with Crippen LogP contribution in [0.4, 0.5) is 0 Å². The van der Waals surface area contributed by atoms with Crippen molar-refractivity contribution < 1.29 is 18.9 Å². The first-order chi connectivity index (χ1) is 8.35. The fourth-order valence-corrected chi connectivity index (χ4v) is 1.59. The Hall–Kier alpha value is -1.46. The zero-order valence-electron chi connectivity index (χ0n) is 9.90. The molecule has 0 aromatic heterocycles. The standard InChI is InChI=1S/C12H17NO4/c1-2-14-8-17-10-6-12-11(5-9(10)7-13)15-3-4-16-12/h5-6H,2-4,7-8,13H2,1H3. The summed E-state index contributed by atoms with van der Waals surface area (Å²) in [5.41, 5.74) is 6.55. The molecule has 0 unspecified atom stereocenters. The molecule has 0 bridgehead atoms. The van der Waals surface area contributed by atoms with E-state index in [1.165, 1.54) is 0 Å². The molecule has 0 radical (unpaired) electrons. The molecule has 0 amide bonds. The van der Waals surface area contributed by atoms with Gasteiger partial charge >= 0.3 is 0 Å². The molecule has 2 rings (SSSR count). The number of rotatable bonds is 5. The molecule has 0 atom stereocenters. The first-order valence-corrected chi connectivity index (χ1v) is 5.68. The smallest absolute Gasteiger partial charge is 0.189 e. The molecule has 1 aliphatic rings. The molecule has 17 heavy (non-hydrogen) atoms. The van der Waals surface area contributed by atoms with Crippen molar-refractivity contribution in [3.8, 4) is 17.2 Å². The van der Waals surface area contributed by atoms with Gasteiger partial charge in [0, 0.05) is 24.8 Å². The molecule has 5 heteroatoms. The summed E-state index contributed by atoms with van der Waals surface area (Å²) in [6.07, 6.45) is 0. The molecule has 0 saturated carbocycles. The normalized spacial score (nSPS) is 13.5. The minimum absolute atomic E-state index is 0.211. The highest BCUT2D eigenvalue weighted by molar-refractivity contribution is 5.51. The molecule has 2 N–H and O–H groups in total. The monoisotopic (exact) mass is 239 g/mol. The van der Waals surface area contributed by atoms with E-state index in [0.29, 0.717) is 37.9 Å². The van der Waals surface area contributed by atoms with E-state index in [9.17, 15) is 0 Å². The highest BCUT2D eigenvalue weighted by Crippen LogP contribution is 2.36. The van der Waals surface area contributed by atoms with E-state index in [-0.39, 0.29) is 6.79 Å². The van der Waals surface area contributed by atoms with Crippen LogP contribution in [0.3, 0.4) is 0 Å². The minimum Gasteiger partial charge on any atom is -0.486 e. The fourth-order valence-electron chi connectivity index (χ4n) is 1.59. The molecular weight excluding hydrogens is 222 g/mol. The molecule has 1 heterocycles. The lowest BCUT2D eigenvalue weighted by Gasteiger charge is -2.20. The number of ether oxygens (including phenoxy) is 4. The summed E-state index contributed by atoms with van der Waals surface area (Å²) < 4.78 is 21.6. The van der Waals surface area contributed by atoms with E-state index in [1.54, 1.807) is 6.07 Å². The largest absolute Gasteiger partial charge is 0.486 e. The van der Waals surface area contributed by atoms with Crippen molar-refractivity contribution in [3.05, 3.63) is 17.7 Å². The maximum absolute atomic E-state index is 5.67. The van der Waals surface area contributed by atoms with Crippen molar-refractivity contribution >= 4 is 0 Å². The van der Waals surface area contributed by atoms with Crippen molar-refractivity contribution in [2.24, 2.45) is 5.73 Å². The highest BCUT2D eigenvalue weighted by atomic mass is 16.7. The average Bonchev–Trinajstić information content (AvgIpc) is 2.38. The van der Waals surface area contributed by atoms with Gasteiger partial charge in [-0.25, -0.2) is 0 Å². The van der Waals surface area contributed by atoms with Gasteiger partial charge in [-0.2, -0.15) is 0 Å². The summed E-state index contributed by atoms with van der Waals surface area (Å²) in [6.45, 7) is 4.25. The van der Waals surface area contributed by atoms with E-state index in [4.69, 9.17) is 24.7 Å². The molecule has 1 aromatic rings. The molecular formula is C12H17NO4. The van der Waals surface area contributed by atoms with Gasteiger partial charge in [-0.15, -0.1) is 0 Å². The van der Waals surface area contributed by atoms with Gasteiger partial charge < -0.3 is 24.7 Å². The number of fused-ring (bicyclic) bond motifs is 1. The Morgan fingerprint density at radius 1 is 1.24 bits per heavy atom. The topological polar surface area (TPSA) is 62.9 Å². The lowest BCUT2D eigenvalue weighted by Crippen LogP contribution is -2.16. The van der Waals surface area contributed by atoms with Crippen LogP contribution in [0.2, 0.25) is 0 Å². The van der Waals surface area contributed by atoms with Gasteiger partial charge in [-0.1, -0.05) is 0 Å². The van der Waals surface area contributed by atoms with Gasteiger partial charge in [0.1, 0.15) is 19.0 Å². The van der Waals surface area contributed by atoms with Gasteiger partial charge in [0.25, 0.3) is 0 Å². The Bertz CT molecular complexity index is 381. The molecule has 0 aliphatic carbocycles. The van der Waals surface area contributed by atoms with Crippen LogP contribution < -0.4 is 19.9 Å². The summed E-state index contributed by atoms with van der Waals surface area (Å²) >= 11 is 0. The van der Waals surface area contributed by atoms with Crippen molar-refractivity contribution in [3.63, 3.8) is 0 Å². The number of benzene rings is 1. The Labute approximate surface area is 100 Å². The van der Waals surface area contributed by atoms with Crippen LogP contribution in [0.1, 0.15) is 12.5 Å². The van der Waals surface area contributed by atoms with Gasteiger partial charge in [-0.3, -0.25) is 0 Å². The molecule has 94 valence electrons. The first-order valence-electron chi connectivity index (χ1n) is 5.68. The SMILES string of the molecule is CCOCOc1cc2c(cc1CN)OCCO2. The van der Waals surface area contributed by atoms with Crippen molar-refractivity contribution in [2.75, 3.05) is 26.6 Å². The van der Waals surface area contributed by atoms with Crippen LogP contribution in [0.25, 0.3) is 0 Å². The average molecular weight is 239 g/mol. The lowest BCUT2D eigenvalue weighted by atomic mass is 10.1. The third-order valence-electron chi connectivity index (χ3n) is 2.45. The van der Waals surface area contributed by atoms with Crippen molar-refractivity contribution in [2.45, 2.75) is 13.5 Å². The Morgan fingerprint density at radius 3 is 2.59 bits per heavy atom. The number of nitrogens with two attached hydrogens (primary N) is 1. The highest BCUT2D eigenvalue weighted by Gasteiger charge is 2.15. The predicted octanol–water partition coefficient (Wildman–Crippen LogP) is 1.29. The van der Waals surface area contributed by atoms with Crippen LogP contribution in [-0.4, -0.2) is 26.6 Å².